The van der Waals surface area contributed by atoms with E-state index in [1.165, 1.54) is 0 Å². The van der Waals surface area contributed by atoms with Crippen LogP contribution in [0.3, 0.4) is 0 Å². The SMILES string of the molecule is COc1ccc(-c2cccc(C=O)c2O)cc1C. The third-order valence-electron chi connectivity index (χ3n) is 2.90. The number of aryl methyl sites for hydroxylation is 1. The maximum atomic E-state index is 10.8. The summed E-state index contributed by atoms with van der Waals surface area (Å²) in [6.45, 7) is 1.93. The number of hydrogen-bond acceptors (Lipinski definition) is 3. The van der Waals surface area contributed by atoms with Crippen LogP contribution >= 0.6 is 0 Å². The summed E-state index contributed by atoms with van der Waals surface area (Å²) in [5, 5.41) is 10.00. The van der Waals surface area contributed by atoms with Crippen molar-refractivity contribution in [3.05, 3.63) is 47.5 Å². The number of carbonyl (C=O) groups is 1. The van der Waals surface area contributed by atoms with E-state index in [9.17, 15) is 9.90 Å². The molecule has 92 valence electrons. The number of methoxy groups -OCH3 is 1. The number of rotatable bonds is 3. The van der Waals surface area contributed by atoms with Crippen LogP contribution in [0.5, 0.6) is 11.5 Å². The highest BCUT2D eigenvalue weighted by molar-refractivity contribution is 5.85. The fourth-order valence-corrected chi connectivity index (χ4v) is 1.94. The summed E-state index contributed by atoms with van der Waals surface area (Å²) < 4.78 is 5.19. The van der Waals surface area contributed by atoms with Crippen LogP contribution in [0.25, 0.3) is 11.1 Å². The van der Waals surface area contributed by atoms with Gasteiger partial charge in [-0.05, 0) is 36.2 Å². The zero-order valence-corrected chi connectivity index (χ0v) is 10.3. The molecule has 0 unspecified atom stereocenters. The molecule has 1 N–H and O–H groups in total. The molecule has 0 bridgehead atoms. The maximum Gasteiger partial charge on any atom is 0.153 e. The van der Waals surface area contributed by atoms with Crippen molar-refractivity contribution in [2.75, 3.05) is 7.11 Å². The minimum Gasteiger partial charge on any atom is -0.507 e. The first-order valence-electron chi connectivity index (χ1n) is 5.59. The number of hydrogen-bond donors (Lipinski definition) is 1. The number of benzene rings is 2. The topological polar surface area (TPSA) is 46.5 Å². The van der Waals surface area contributed by atoms with Gasteiger partial charge >= 0.3 is 0 Å². The van der Waals surface area contributed by atoms with Gasteiger partial charge in [0.2, 0.25) is 0 Å². The van der Waals surface area contributed by atoms with Gasteiger partial charge in [0.1, 0.15) is 11.5 Å². The molecule has 0 aliphatic heterocycles. The van der Waals surface area contributed by atoms with Crippen molar-refractivity contribution < 1.29 is 14.6 Å². The van der Waals surface area contributed by atoms with Gasteiger partial charge in [-0.3, -0.25) is 4.79 Å². The highest BCUT2D eigenvalue weighted by Gasteiger charge is 2.09. The Hall–Kier alpha value is -2.29. The number of ether oxygens (including phenoxy) is 1. The van der Waals surface area contributed by atoms with Crippen LogP contribution in [0.15, 0.2) is 36.4 Å². The van der Waals surface area contributed by atoms with Gasteiger partial charge in [0.15, 0.2) is 6.29 Å². The summed E-state index contributed by atoms with van der Waals surface area (Å²) in [5.41, 5.74) is 2.77. The molecular formula is C15H14O3. The number of phenols is 1. The Morgan fingerprint density at radius 1 is 1.22 bits per heavy atom. The second-order valence-corrected chi connectivity index (χ2v) is 4.05. The molecule has 0 atom stereocenters. The van der Waals surface area contributed by atoms with Gasteiger partial charge in [-0.1, -0.05) is 18.2 Å². The zero-order valence-electron chi connectivity index (χ0n) is 10.3. The Kier molecular flexibility index (Phi) is 3.33. The number of para-hydroxylation sites is 1. The Morgan fingerprint density at radius 3 is 2.61 bits per heavy atom. The van der Waals surface area contributed by atoms with Crippen LogP contribution in [-0.4, -0.2) is 18.5 Å². The first-order chi connectivity index (χ1) is 8.67. The number of aromatic hydroxyl groups is 1. The third kappa shape index (κ3) is 2.07. The summed E-state index contributed by atoms with van der Waals surface area (Å²) in [5.74, 6) is 0.807. The van der Waals surface area contributed by atoms with Gasteiger partial charge in [0, 0.05) is 5.56 Å². The lowest BCUT2D eigenvalue weighted by Gasteiger charge is -2.10. The second kappa shape index (κ2) is 4.92. The highest BCUT2D eigenvalue weighted by Crippen LogP contribution is 2.33. The van der Waals surface area contributed by atoms with Crippen molar-refractivity contribution in [2.24, 2.45) is 0 Å². The van der Waals surface area contributed by atoms with Crippen molar-refractivity contribution >= 4 is 6.29 Å². The molecule has 3 nitrogen and oxygen atoms in total. The molecule has 2 aromatic carbocycles. The Balaban J connectivity index is 2.55. The van der Waals surface area contributed by atoms with E-state index in [0.717, 1.165) is 16.9 Å². The van der Waals surface area contributed by atoms with Gasteiger partial charge in [-0.25, -0.2) is 0 Å². The molecule has 0 fully saturated rings. The minimum absolute atomic E-state index is 0.0112. The van der Waals surface area contributed by atoms with E-state index >= 15 is 0 Å². The molecule has 0 aliphatic carbocycles. The standard InChI is InChI=1S/C15H14O3/c1-10-8-11(6-7-14(10)18-2)13-5-3-4-12(9-16)15(13)17/h3-9,17H,1-2H3. The van der Waals surface area contributed by atoms with Crippen LogP contribution < -0.4 is 4.74 Å². The quantitative estimate of drug-likeness (QED) is 0.841. The fourth-order valence-electron chi connectivity index (χ4n) is 1.94. The van der Waals surface area contributed by atoms with Gasteiger partial charge in [0.25, 0.3) is 0 Å². The van der Waals surface area contributed by atoms with Crippen molar-refractivity contribution in [1.82, 2.24) is 0 Å². The predicted molar refractivity (Wildman–Crippen MR) is 70.2 cm³/mol. The van der Waals surface area contributed by atoms with Crippen LogP contribution in [0.4, 0.5) is 0 Å². The van der Waals surface area contributed by atoms with E-state index in [2.05, 4.69) is 0 Å². The molecule has 0 saturated heterocycles. The molecule has 2 aromatic rings. The van der Waals surface area contributed by atoms with E-state index < -0.39 is 0 Å². The van der Waals surface area contributed by atoms with E-state index in [-0.39, 0.29) is 5.75 Å². The first-order valence-corrected chi connectivity index (χ1v) is 5.59. The van der Waals surface area contributed by atoms with Crippen molar-refractivity contribution in [1.29, 1.82) is 0 Å². The average Bonchev–Trinajstić information content (AvgIpc) is 2.39. The number of phenolic OH excluding ortho intramolecular Hbond substituents is 1. The van der Waals surface area contributed by atoms with E-state index in [1.54, 1.807) is 25.3 Å². The molecule has 2 rings (SSSR count). The van der Waals surface area contributed by atoms with E-state index in [4.69, 9.17) is 4.74 Å². The fraction of sp³-hybridized carbons (Fsp3) is 0.133. The average molecular weight is 242 g/mol. The first kappa shape index (κ1) is 12.2. The Morgan fingerprint density at radius 2 is 2.00 bits per heavy atom. The molecule has 3 heteroatoms. The minimum atomic E-state index is 0.0112. The molecule has 0 saturated carbocycles. The lowest BCUT2D eigenvalue weighted by Crippen LogP contribution is -1.89. The van der Waals surface area contributed by atoms with Crippen molar-refractivity contribution in [3.63, 3.8) is 0 Å². The number of carbonyl (C=O) groups excluding carboxylic acids is 1. The third-order valence-corrected chi connectivity index (χ3v) is 2.90. The van der Waals surface area contributed by atoms with Crippen molar-refractivity contribution in [2.45, 2.75) is 6.92 Å². The van der Waals surface area contributed by atoms with Crippen LogP contribution in [-0.2, 0) is 0 Å². The summed E-state index contributed by atoms with van der Waals surface area (Å²) in [6.07, 6.45) is 0.648. The van der Waals surface area contributed by atoms with Gasteiger partial charge in [-0.2, -0.15) is 0 Å². The molecular weight excluding hydrogens is 228 g/mol. The second-order valence-electron chi connectivity index (χ2n) is 4.05. The van der Waals surface area contributed by atoms with Crippen molar-refractivity contribution in [3.8, 4) is 22.6 Å². The summed E-state index contributed by atoms with van der Waals surface area (Å²) in [4.78, 5) is 10.8. The normalized spacial score (nSPS) is 10.1. The molecule has 0 amide bonds. The molecule has 18 heavy (non-hydrogen) atoms. The predicted octanol–water partition coefficient (Wildman–Crippen LogP) is 3.19. The van der Waals surface area contributed by atoms with Gasteiger partial charge < -0.3 is 9.84 Å². The zero-order chi connectivity index (χ0) is 13.1. The van der Waals surface area contributed by atoms with Crippen LogP contribution in [0.1, 0.15) is 15.9 Å². The van der Waals surface area contributed by atoms with Crippen LogP contribution in [0, 0.1) is 6.92 Å². The summed E-state index contributed by atoms with van der Waals surface area (Å²) >= 11 is 0. The van der Waals surface area contributed by atoms with E-state index in [0.29, 0.717) is 17.4 Å². The summed E-state index contributed by atoms with van der Waals surface area (Å²) in [7, 11) is 1.62. The molecule has 0 radical (unpaired) electrons. The van der Waals surface area contributed by atoms with Crippen LogP contribution in [0.2, 0.25) is 0 Å². The molecule has 0 heterocycles. The number of aldehydes is 1. The molecule has 0 spiro atoms. The van der Waals surface area contributed by atoms with Gasteiger partial charge in [0.05, 0.1) is 12.7 Å². The Labute approximate surface area is 106 Å². The smallest absolute Gasteiger partial charge is 0.153 e. The monoisotopic (exact) mass is 242 g/mol. The summed E-state index contributed by atoms with van der Waals surface area (Å²) in [6, 6.07) is 10.7. The molecule has 0 aromatic heterocycles. The lowest BCUT2D eigenvalue weighted by atomic mass is 10.00. The maximum absolute atomic E-state index is 10.8. The highest BCUT2D eigenvalue weighted by atomic mass is 16.5. The lowest BCUT2D eigenvalue weighted by molar-refractivity contribution is 0.112. The largest absolute Gasteiger partial charge is 0.507 e. The van der Waals surface area contributed by atoms with E-state index in [1.807, 2.05) is 25.1 Å². The molecule has 0 aliphatic rings. The van der Waals surface area contributed by atoms with Gasteiger partial charge in [-0.15, -0.1) is 0 Å². The Bertz CT molecular complexity index is 588.